The van der Waals surface area contributed by atoms with Crippen molar-refractivity contribution in [2.45, 2.75) is 6.92 Å². The normalized spacial score (nSPS) is 9.40. The Morgan fingerprint density at radius 2 is 1.73 bits per heavy atom. The highest BCUT2D eigenvalue weighted by Gasteiger charge is 2.04. The first-order chi connectivity index (χ1) is 6.99. The standard InChI is InChI=1S/C9H10N2O4/c1-5-2-3-6(10-8(12)13)4-7(5)11-9(14)15/h2-4,10-11H,1H3,(H,12,13)(H,14,15). The number of hydrogen-bond donors (Lipinski definition) is 4. The Kier molecular flexibility index (Phi) is 3.12. The number of hydrogen-bond acceptors (Lipinski definition) is 2. The molecular weight excluding hydrogens is 200 g/mol. The van der Waals surface area contributed by atoms with Crippen LogP contribution in [0, 0.1) is 6.92 Å². The average Bonchev–Trinajstić information content (AvgIpc) is 2.09. The van der Waals surface area contributed by atoms with E-state index >= 15 is 0 Å². The topological polar surface area (TPSA) is 98.7 Å². The van der Waals surface area contributed by atoms with Crippen LogP contribution in [-0.2, 0) is 0 Å². The van der Waals surface area contributed by atoms with Gasteiger partial charge in [-0.15, -0.1) is 0 Å². The third-order valence-electron chi connectivity index (χ3n) is 1.73. The van der Waals surface area contributed by atoms with E-state index < -0.39 is 12.2 Å². The van der Waals surface area contributed by atoms with E-state index in [1.54, 1.807) is 19.1 Å². The lowest BCUT2D eigenvalue weighted by Crippen LogP contribution is -2.11. The zero-order chi connectivity index (χ0) is 11.4. The number of aryl methyl sites for hydroxylation is 1. The van der Waals surface area contributed by atoms with Gasteiger partial charge in [0, 0.05) is 11.4 Å². The first-order valence-corrected chi connectivity index (χ1v) is 4.09. The number of carbonyl (C=O) groups is 2. The predicted molar refractivity (Wildman–Crippen MR) is 54.5 cm³/mol. The summed E-state index contributed by atoms with van der Waals surface area (Å²) in [6.45, 7) is 1.72. The molecule has 0 heterocycles. The Morgan fingerprint density at radius 3 is 2.27 bits per heavy atom. The molecule has 0 aliphatic rings. The Labute approximate surface area is 85.5 Å². The molecule has 2 amide bonds. The summed E-state index contributed by atoms with van der Waals surface area (Å²) in [4.78, 5) is 20.7. The van der Waals surface area contributed by atoms with Crippen LogP contribution in [0.1, 0.15) is 5.56 Å². The molecule has 0 bridgehead atoms. The lowest BCUT2D eigenvalue weighted by atomic mass is 10.2. The van der Waals surface area contributed by atoms with Crippen molar-refractivity contribution in [2.24, 2.45) is 0 Å². The van der Waals surface area contributed by atoms with Crippen molar-refractivity contribution in [3.8, 4) is 0 Å². The van der Waals surface area contributed by atoms with Crippen molar-refractivity contribution in [1.82, 2.24) is 0 Å². The second-order valence-corrected chi connectivity index (χ2v) is 2.89. The summed E-state index contributed by atoms with van der Waals surface area (Å²) in [7, 11) is 0. The third-order valence-corrected chi connectivity index (χ3v) is 1.73. The summed E-state index contributed by atoms with van der Waals surface area (Å²) in [6.07, 6.45) is -2.38. The van der Waals surface area contributed by atoms with Gasteiger partial charge in [0.15, 0.2) is 0 Å². The smallest absolute Gasteiger partial charge is 0.409 e. The van der Waals surface area contributed by atoms with Gasteiger partial charge in [-0.2, -0.15) is 0 Å². The molecule has 0 aromatic heterocycles. The molecule has 0 unspecified atom stereocenters. The van der Waals surface area contributed by atoms with E-state index in [-0.39, 0.29) is 0 Å². The molecule has 1 rings (SSSR count). The van der Waals surface area contributed by atoms with E-state index in [0.29, 0.717) is 16.9 Å². The zero-order valence-electron chi connectivity index (χ0n) is 7.94. The van der Waals surface area contributed by atoms with Gasteiger partial charge in [0.2, 0.25) is 0 Å². The van der Waals surface area contributed by atoms with Gasteiger partial charge in [-0.05, 0) is 24.6 Å². The molecule has 80 valence electrons. The fourth-order valence-electron chi connectivity index (χ4n) is 1.07. The Balaban J connectivity index is 2.94. The molecule has 4 N–H and O–H groups in total. The summed E-state index contributed by atoms with van der Waals surface area (Å²) in [5.74, 6) is 0. The molecule has 0 aliphatic heterocycles. The highest BCUT2D eigenvalue weighted by molar-refractivity contribution is 5.88. The van der Waals surface area contributed by atoms with Crippen LogP contribution < -0.4 is 10.6 Å². The molecule has 1 aromatic carbocycles. The molecule has 0 fully saturated rings. The predicted octanol–water partition coefficient (Wildman–Crippen LogP) is 2.17. The Hall–Kier alpha value is -2.24. The summed E-state index contributed by atoms with van der Waals surface area (Å²) >= 11 is 0. The second kappa shape index (κ2) is 4.32. The number of amides is 2. The fraction of sp³-hybridized carbons (Fsp3) is 0.111. The molecule has 15 heavy (non-hydrogen) atoms. The number of carboxylic acid groups (broad SMARTS) is 2. The van der Waals surface area contributed by atoms with Crippen LogP contribution in [0.3, 0.4) is 0 Å². The molecule has 0 aliphatic carbocycles. The van der Waals surface area contributed by atoms with Crippen LogP contribution in [0.15, 0.2) is 18.2 Å². The second-order valence-electron chi connectivity index (χ2n) is 2.89. The largest absolute Gasteiger partial charge is 0.465 e. The number of anilines is 2. The summed E-state index contributed by atoms with van der Waals surface area (Å²) in [5, 5.41) is 21.3. The van der Waals surface area contributed by atoms with Gasteiger partial charge < -0.3 is 10.2 Å². The minimum Gasteiger partial charge on any atom is -0.465 e. The zero-order valence-corrected chi connectivity index (χ0v) is 7.94. The summed E-state index contributed by atoms with van der Waals surface area (Å²) < 4.78 is 0. The van der Waals surface area contributed by atoms with Crippen molar-refractivity contribution in [1.29, 1.82) is 0 Å². The van der Waals surface area contributed by atoms with E-state index in [4.69, 9.17) is 10.2 Å². The van der Waals surface area contributed by atoms with Crippen molar-refractivity contribution < 1.29 is 19.8 Å². The van der Waals surface area contributed by atoms with E-state index in [1.807, 2.05) is 0 Å². The molecule has 1 aromatic rings. The molecule has 0 saturated carbocycles. The van der Waals surface area contributed by atoms with E-state index in [0.717, 1.165) is 0 Å². The van der Waals surface area contributed by atoms with Gasteiger partial charge in [-0.3, -0.25) is 10.6 Å². The number of benzene rings is 1. The molecule has 6 heteroatoms. The fourth-order valence-corrected chi connectivity index (χ4v) is 1.07. The first kappa shape index (κ1) is 10.8. The van der Waals surface area contributed by atoms with Gasteiger partial charge >= 0.3 is 12.2 Å². The van der Waals surface area contributed by atoms with Gasteiger partial charge in [0.25, 0.3) is 0 Å². The molecule has 0 atom stereocenters. The molecular formula is C9H10N2O4. The van der Waals surface area contributed by atoms with Gasteiger partial charge in [0.05, 0.1) is 0 Å². The summed E-state index contributed by atoms with van der Waals surface area (Å²) in [5.41, 5.74) is 1.39. The number of nitrogens with one attached hydrogen (secondary N) is 2. The maximum Gasteiger partial charge on any atom is 0.409 e. The van der Waals surface area contributed by atoms with E-state index in [1.165, 1.54) is 6.07 Å². The average molecular weight is 210 g/mol. The number of rotatable bonds is 2. The van der Waals surface area contributed by atoms with Gasteiger partial charge in [-0.25, -0.2) is 9.59 Å². The van der Waals surface area contributed by atoms with Crippen LogP contribution in [-0.4, -0.2) is 22.4 Å². The summed E-state index contributed by atoms with van der Waals surface area (Å²) in [6, 6.07) is 4.59. The van der Waals surface area contributed by atoms with Crippen LogP contribution in [0.4, 0.5) is 21.0 Å². The van der Waals surface area contributed by atoms with Crippen LogP contribution in [0.25, 0.3) is 0 Å². The van der Waals surface area contributed by atoms with Crippen molar-refractivity contribution in [3.05, 3.63) is 23.8 Å². The minimum atomic E-state index is -1.19. The quantitative estimate of drug-likeness (QED) is 0.601. The molecule has 0 radical (unpaired) electrons. The highest BCUT2D eigenvalue weighted by atomic mass is 16.4. The molecule has 0 spiro atoms. The minimum absolute atomic E-state index is 0.317. The maximum atomic E-state index is 10.4. The highest BCUT2D eigenvalue weighted by Crippen LogP contribution is 2.20. The van der Waals surface area contributed by atoms with Crippen LogP contribution in [0.2, 0.25) is 0 Å². The van der Waals surface area contributed by atoms with Crippen molar-refractivity contribution >= 4 is 23.6 Å². The van der Waals surface area contributed by atoms with E-state index in [2.05, 4.69) is 10.6 Å². The van der Waals surface area contributed by atoms with Crippen LogP contribution in [0.5, 0.6) is 0 Å². The molecule has 0 saturated heterocycles. The molecule has 6 nitrogen and oxygen atoms in total. The van der Waals surface area contributed by atoms with Crippen LogP contribution >= 0.6 is 0 Å². The Morgan fingerprint density at radius 1 is 1.13 bits per heavy atom. The SMILES string of the molecule is Cc1ccc(NC(=O)O)cc1NC(=O)O. The Bertz CT molecular complexity index is 403. The lowest BCUT2D eigenvalue weighted by Gasteiger charge is -2.07. The van der Waals surface area contributed by atoms with Gasteiger partial charge in [-0.1, -0.05) is 6.07 Å². The lowest BCUT2D eigenvalue weighted by molar-refractivity contribution is 0.208. The van der Waals surface area contributed by atoms with Gasteiger partial charge in [0.1, 0.15) is 0 Å². The van der Waals surface area contributed by atoms with E-state index in [9.17, 15) is 9.59 Å². The maximum absolute atomic E-state index is 10.4. The first-order valence-electron chi connectivity index (χ1n) is 4.09. The van der Waals surface area contributed by atoms with Crippen molar-refractivity contribution in [3.63, 3.8) is 0 Å². The third kappa shape index (κ3) is 3.18. The monoisotopic (exact) mass is 210 g/mol. The van der Waals surface area contributed by atoms with Crippen molar-refractivity contribution in [2.75, 3.05) is 10.6 Å².